The third-order valence-corrected chi connectivity index (χ3v) is 2.93. The summed E-state index contributed by atoms with van der Waals surface area (Å²) in [5.41, 5.74) is -0.300. The topological polar surface area (TPSA) is 41.6 Å². The van der Waals surface area contributed by atoms with Crippen molar-refractivity contribution in [3.05, 3.63) is 0 Å². The lowest BCUT2D eigenvalue weighted by Crippen LogP contribution is -2.57. The highest BCUT2D eigenvalue weighted by atomic mass is 16.5. The number of ether oxygens (including phenoxy) is 1. The molecule has 0 aliphatic carbocycles. The zero-order valence-corrected chi connectivity index (χ0v) is 11.8. The Morgan fingerprint density at radius 3 is 2.83 bits per heavy atom. The maximum Gasteiger partial charge on any atom is 0.318 e. The molecule has 1 rings (SSSR count). The summed E-state index contributed by atoms with van der Waals surface area (Å²) in [4.78, 5) is 13.9. The number of hydrogen-bond donors (Lipinski definition) is 1. The van der Waals surface area contributed by atoms with E-state index in [1.807, 2.05) is 20.8 Å². The highest BCUT2D eigenvalue weighted by Gasteiger charge is 2.34. The van der Waals surface area contributed by atoms with E-state index in [9.17, 15) is 4.79 Å². The number of hydrogen-bond acceptors (Lipinski definition) is 2. The summed E-state index contributed by atoms with van der Waals surface area (Å²) in [5.74, 6) is 2.62. The Labute approximate surface area is 110 Å². The van der Waals surface area contributed by atoms with Gasteiger partial charge in [-0.15, -0.1) is 6.42 Å². The molecule has 1 heterocycles. The van der Waals surface area contributed by atoms with Crippen molar-refractivity contribution < 1.29 is 9.53 Å². The average molecular weight is 252 g/mol. The fourth-order valence-electron chi connectivity index (χ4n) is 2.33. The van der Waals surface area contributed by atoms with Crippen LogP contribution in [0.25, 0.3) is 0 Å². The molecule has 1 saturated heterocycles. The van der Waals surface area contributed by atoms with Crippen LogP contribution in [-0.2, 0) is 4.74 Å². The van der Waals surface area contributed by atoms with Crippen LogP contribution in [0, 0.1) is 12.3 Å². The molecular formula is C14H24N2O2. The van der Waals surface area contributed by atoms with E-state index in [2.05, 4.69) is 18.2 Å². The van der Waals surface area contributed by atoms with Gasteiger partial charge in [0.2, 0.25) is 0 Å². The van der Waals surface area contributed by atoms with Gasteiger partial charge in [-0.25, -0.2) is 4.79 Å². The normalized spacial score (nSPS) is 24.2. The Kier molecular flexibility index (Phi) is 5.03. The smallest absolute Gasteiger partial charge is 0.318 e. The van der Waals surface area contributed by atoms with Crippen molar-refractivity contribution in [1.29, 1.82) is 0 Å². The largest absolute Gasteiger partial charge is 0.369 e. The van der Waals surface area contributed by atoms with Gasteiger partial charge in [0.05, 0.1) is 24.3 Å². The number of urea groups is 1. The van der Waals surface area contributed by atoms with Crippen LogP contribution < -0.4 is 5.32 Å². The van der Waals surface area contributed by atoms with E-state index in [4.69, 9.17) is 11.2 Å². The first-order valence-corrected chi connectivity index (χ1v) is 6.57. The SMILES string of the molecule is C#CC(CCC)NC(=O)N1CC(C)OC(C)(C)C1. The monoisotopic (exact) mass is 252 g/mol. The van der Waals surface area contributed by atoms with E-state index in [-0.39, 0.29) is 23.8 Å². The van der Waals surface area contributed by atoms with Crippen molar-refractivity contribution in [1.82, 2.24) is 10.2 Å². The number of nitrogens with one attached hydrogen (secondary N) is 1. The van der Waals surface area contributed by atoms with Crippen LogP contribution in [0.1, 0.15) is 40.5 Å². The molecular weight excluding hydrogens is 228 g/mol. The molecule has 1 N–H and O–H groups in total. The third-order valence-electron chi connectivity index (χ3n) is 2.93. The summed E-state index contributed by atoms with van der Waals surface area (Å²) >= 11 is 0. The Morgan fingerprint density at radius 2 is 2.33 bits per heavy atom. The van der Waals surface area contributed by atoms with E-state index >= 15 is 0 Å². The predicted octanol–water partition coefficient (Wildman–Crippen LogP) is 2.00. The number of amides is 2. The van der Waals surface area contributed by atoms with Crippen molar-refractivity contribution in [3.63, 3.8) is 0 Å². The Hall–Kier alpha value is -1.21. The van der Waals surface area contributed by atoms with E-state index in [0.29, 0.717) is 13.1 Å². The molecule has 0 saturated carbocycles. The van der Waals surface area contributed by atoms with Gasteiger partial charge in [0.1, 0.15) is 0 Å². The van der Waals surface area contributed by atoms with Gasteiger partial charge in [-0.3, -0.25) is 0 Å². The van der Waals surface area contributed by atoms with Crippen LogP contribution in [0.4, 0.5) is 4.79 Å². The molecule has 0 spiro atoms. The summed E-state index contributed by atoms with van der Waals surface area (Å²) in [5, 5.41) is 2.89. The van der Waals surface area contributed by atoms with Crippen LogP contribution in [-0.4, -0.2) is 41.8 Å². The lowest BCUT2D eigenvalue weighted by molar-refractivity contribution is -0.117. The van der Waals surface area contributed by atoms with Crippen LogP contribution in [0.5, 0.6) is 0 Å². The maximum absolute atomic E-state index is 12.1. The summed E-state index contributed by atoms with van der Waals surface area (Å²) in [7, 11) is 0. The molecule has 0 aromatic rings. The van der Waals surface area contributed by atoms with Gasteiger partial charge in [-0.1, -0.05) is 19.3 Å². The second-order valence-corrected chi connectivity index (χ2v) is 5.53. The third kappa shape index (κ3) is 4.23. The summed E-state index contributed by atoms with van der Waals surface area (Å²) in [6, 6.07) is -0.265. The lowest BCUT2D eigenvalue weighted by Gasteiger charge is -2.41. The molecule has 0 aromatic heterocycles. The van der Waals surface area contributed by atoms with Gasteiger partial charge in [-0.2, -0.15) is 0 Å². The fraction of sp³-hybridized carbons (Fsp3) is 0.786. The number of rotatable bonds is 3. The van der Waals surface area contributed by atoms with E-state index in [1.165, 1.54) is 0 Å². The highest BCUT2D eigenvalue weighted by Crippen LogP contribution is 2.20. The highest BCUT2D eigenvalue weighted by molar-refractivity contribution is 5.75. The molecule has 102 valence electrons. The Morgan fingerprint density at radius 1 is 1.67 bits per heavy atom. The molecule has 4 nitrogen and oxygen atoms in total. The van der Waals surface area contributed by atoms with Gasteiger partial charge in [-0.05, 0) is 27.2 Å². The van der Waals surface area contributed by atoms with E-state index < -0.39 is 0 Å². The molecule has 0 bridgehead atoms. The molecule has 1 aliphatic rings. The molecule has 18 heavy (non-hydrogen) atoms. The minimum atomic E-state index is -0.300. The van der Waals surface area contributed by atoms with Crippen molar-refractivity contribution in [2.24, 2.45) is 0 Å². The molecule has 1 fully saturated rings. The van der Waals surface area contributed by atoms with Crippen molar-refractivity contribution in [3.8, 4) is 12.3 Å². The predicted molar refractivity (Wildman–Crippen MR) is 72.3 cm³/mol. The van der Waals surface area contributed by atoms with Gasteiger partial charge in [0.25, 0.3) is 0 Å². The molecule has 0 aromatic carbocycles. The van der Waals surface area contributed by atoms with Crippen molar-refractivity contribution in [2.75, 3.05) is 13.1 Å². The zero-order valence-electron chi connectivity index (χ0n) is 11.8. The number of morpholine rings is 1. The first-order chi connectivity index (χ1) is 8.38. The van der Waals surface area contributed by atoms with Gasteiger partial charge in [0, 0.05) is 6.54 Å². The Bertz CT molecular complexity index is 333. The average Bonchev–Trinajstić information content (AvgIpc) is 2.25. The molecule has 1 aliphatic heterocycles. The molecule has 4 heteroatoms. The first-order valence-electron chi connectivity index (χ1n) is 6.57. The second-order valence-electron chi connectivity index (χ2n) is 5.53. The van der Waals surface area contributed by atoms with Gasteiger partial charge in [0.15, 0.2) is 0 Å². The molecule has 2 amide bonds. The standard InChI is InChI=1S/C14H24N2O2/c1-6-8-12(7-2)15-13(17)16-9-11(3)18-14(4,5)10-16/h2,11-12H,6,8-10H2,1,3-5H3,(H,15,17). The summed E-state index contributed by atoms with van der Waals surface area (Å²) in [6.07, 6.45) is 7.23. The van der Waals surface area contributed by atoms with Crippen LogP contribution in [0.15, 0.2) is 0 Å². The van der Waals surface area contributed by atoms with Crippen LogP contribution >= 0.6 is 0 Å². The van der Waals surface area contributed by atoms with Gasteiger partial charge >= 0.3 is 6.03 Å². The molecule has 0 radical (unpaired) electrons. The van der Waals surface area contributed by atoms with E-state index in [1.54, 1.807) is 4.90 Å². The minimum Gasteiger partial charge on any atom is -0.369 e. The molecule has 2 atom stereocenters. The summed E-state index contributed by atoms with van der Waals surface area (Å²) < 4.78 is 5.77. The Balaban J connectivity index is 2.58. The number of carbonyl (C=O) groups excluding carboxylic acids is 1. The van der Waals surface area contributed by atoms with Crippen LogP contribution in [0.3, 0.4) is 0 Å². The molecule has 2 unspecified atom stereocenters. The number of nitrogens with zero attached hydrogens (tertiary/aromatic N) is 1. The maximum atomic E-state index is 12.1. The quantitative estimate of drug-likeness (QED) is 0.781. The lowest BCUT2D eigenvalue weighted by atomic mass is 10.1. The minimum absolute atomic E-state index is 0.0509. The first kappa shape index (κ1) is 14.8. The summed E-state index contributed by atoms with van der Waals surface area (Å²) in [6.45, 7) is 9.22. The van der Waals surface area contributed by atoms with Crippen molar-refractivity contribution in [2.45, 2.75) is 58.3 Å². The van der Waals surface area contributed by atoms with Gasteiger partial charge < -0.3 is 15.0 Å². The van der Waals surface area contributed by atoms with Crippen molar-refractivity contribution >= 4 is 6.03 Å². The zero-order chi connectivity index (χ0) is 13.8. The number of carbonyl (C=O) groups is 1. The second kappa shape index (κ2) is 6.10. The fourth-order valence-corrected chi connectivity index (χ4v) is 2.33. The van der Waals surface area contributed by atoms with Crippen LogP contribution in [0.2, 0.25) is 0 Å². The van der Waals surface area contributed by atoms with E-state index in [0.717, 1.165) is 12.8 Å². The number of terminal acetylenes is 1.